The summed E-state index contributed by atoms with van der Waals surface area (Å²) in [4.78, 5) is 3.95. The van der Waals surface area contributed by atoms with Crippen LogP contribution in [0, 0.1) is 5.82 Å². The average molecular weight is 337 g/mol. The van der Waals surface area contributed by atoms with Gasteiger partial charge < -0.3 is 11.5 Å². The van der Waals surface area contributed by atoms with E-state index in [0.717, 1.165) is 5.56 Å². The highest BCUT2D eigenvalue weighted by molar-refractivity contribution is 14.0. The number of benzene rings is 1. The van der Waals surface area contributed by atoms with Crippen molar-refractivity contribution < 1.29 is 4.39 Å². The van der Waals surface area contributed by atoms with Crippen LogP contribution in [0.2, 0.25) is 0 Å². The minimum absolute atomic E-state index is 0. The molecular weight excluding hydrogens is 320 g/mol. The highest BCUT2D eigenvalue weighted by Gasteiger charge is 2.20. The third-order valence-corrected chi connectivity index (χ3v) is 2.26. The molecule has 90 valence electrons. The Morgan fingerprint density at radius 1 is 1.38 bits per heavy atom. The Labute approximate surface area is 112 Å². The van der Waals surface area contributed by atoms with Crippen LogP contribution in [0.3, 0.4) is 0 Å². The van der Waals surface area contributed by atoms with Crippen LogP contribution in [0.15, 0.2) is 29.3 Å². The summed E-state index contributed by atoms with van der Waals surface area (Å²) in [5, 5.41) is 0. The lowest BCUT2D eigenvalue weighted by Crippen LogP contribution is -2.28. The number of nitrogens with zero attached hydrogens (tertiary/aromatic N) is 1. The molecule has 4 N–H and O–H groups in total. The third-order valence-electron chi connectivity index (χ3n) is 2.26. The first-order valence-electron chi connectivity index (χ1n) is 4.73. The van der Waals surface area contributed by atoms with Crippen molar-refractivity contribution in [2.45, 2.75) is 19.3 Å². The summed E-state index contributed by atoms with van der Waals surface area (Å²) in [5.74, 6) is -0.190. The van der Waals surface area contributed by atoms with Gasteiger partial charge in [0.1, 0.15) is 5.82 Å². The van der Waals surface area contributed by atoms with Crippen molar-refractivity contribution in [2.24, 2.45) is 16.5 Å². The minimum Gasteiger partial charge on any atom is -0.370 e. The van der Waals surface area contributed by atoms with Gasteiger partial charge in [-0.3, -0.25) is 4.99 Å². The maximum absolute atomic E-state index is 13.0. The van der Waals surface area contributed by atoms with Crippen LogP contribution >= 0.6 is 24.0 Å². The zero-order valence-corrected chi connectivity index (χ0v) is 11.7. The molecule has 0 amide bonds. The molecule has 0 unspecified atom stereocenters. The van der Waals surface area contributed by atoms with Crippen molar-refractivity contribution in [1.29, 1.82) is 0 Å². The van der Waals surface area contributed by atoms with Crippen molar-refractivity contribution in [3.8, 4) is 0 Å². The van der Waals surface area contributed by atoms with E-state index >= 15 is 0 Å². The number of rotatable bonds is 3. The smallest absolute Gasteiger partial charge is 0.185 e. The molecule has 16 heavy (non-hydrogen) atoms. The summed E-state index contributed by atoms with van der Waals surface area (Å²) in [6.45, 7) is 4.38. The topological polar surface area (TPSA) is 64.4 Å². The molecule has 1 rings (SSSR count). The van der Waals surface area contributed by atoms with E-state index in [1.165, 1.54) is 12.1 Å². The second kappa shape index (κ2) is 6.03. The number of guanidine groups is 1. The van der Waals surface area contributed by atoms with Crippen molar-refractivity contribution in [2.75, 3.05) is 6.54 Å². The standard InChI is InChI=1S/C11H16FN3.HI/c1-11(2,7-15-10(13)14)8-4-3-5-9(12)6-8;/h3-6H,7H2,1-2H3,(H4,13,14,15);1H. The van der Waals surface area contributed by atoms with Gasteiger partial charge >= 0.3 is 0 Å². The molecule has 1 aromatic rings. The fourth-order valence-electron chi connectivity index (χ4n) is 1.29. The first-order valence-corrected chi connectivity index (χ1v) is 4.73. The molecule has 0 radical (unpaired) electrons. The first-order chi connectivity index (χ1) is 6.92. The first kappa shape index (κ1) is 15.2. The number of hydrogen-bond acceptors (Lipinski definition) is 1. The van der Waals surface area contributed by atoms with E-state index in [2.05, 4.69) is 4.99 Å². The number of aliphatic imine (C=N–C) groups is 1. The molecule has 0 aliphatic heterocycles. The second-order valence-electron chi connectivity index (χ2n) is 4.14. The van der Waals surface area contributed by atoms with E-state index in [1.807, 2.05) is 19.9 Å². The van der Waals surface area contributed by atoms with Crippen LogP contribution in [-0.4, -0.2) is 12.5 Å². The van der Waals surface area contributed by atoms with Crippen LogP contribution in [0.5, 0.6) is 0 Å². The third kappa shape index (κ3) is 4.34. The number of halogens is 2. The zero-order valence-electron chi connectivity index (χ0n) is 9.40. The van der Waals surface area contributed by atoms with Crippen LogP contribution in [-0.2, 0) is 5.41 Å². The van der Waals surface area contributed by atoms with Crippen LogP contribution in [0.25, 0.3) is 0 Å². The van der Waals surface area contributed by atoms with Gasteiger partial charge in [0, 0.05) is 5.41 Å². The Morgan fingerprint density at radius 3 is 2.50 bits per heavy atom. The highest BCUT2D eigenvalue weighted by atomic mass is 127. The monoisotopic (exact) mass is 337 g/mol. The lowest BCUT2D eigenvalue weighted by Gasteiger charge is -2.23. The highest BCUT2D eigenvalue weighted by Crippen LogP contribution is 2.23. The lowest BCUT2D eigenvalue weighted by molar-refractivity contribution is 0.531. The summed E-state index contributed by atoms with van der Waals surface area (Å²) in [6, 6.07) is 6.47. The van der Waals surface area contributed by atoms with Crippen molar-refractivity contribution in [3.05, 3.63) is 35.6 Å². The fourth-order valence-corrected chi connectivity index (χ4v) is 1.29. The molecule has 0 aliphatic carbocycles. The Balaban J connectivity index is 0.00000225. The molecule has 0 bridgehead atoms. The predicted octanol–water partition coefficient (Wildman–Crippen LogP) is 1.99. The van der Waals surface area contributed by atoms with Gasteiger partial charge in [0.15, 0.2) is 5.96 Å². The van der Waals surface area contributed by atoms with Crippen molar-refractivity contribution in [1.82, 2.24) is 0 Å². The molecular formula is C11H17FIN3. The largest absolute Gasteiger partial charge is 0.370 e. The van der Waals surface area contributed by atoms with Gasteiger partial charge in [0.2, 0.25) is 0 Å². The fraction of sp³-hybridized carbons (Fsp3) is 0.364. The van der Waals surface area contributed by atoms with Gasteiger partial charge in [-0.25, -0.2) is 4.39 Å². The summed E-state index contributed by atoms with van der Waals surface area (Å²) < 4.78 is 13.0. The molecule has 3 nitrogen and oxygen atoms in total. The summed E-state index contributed by atoms with van der Waals surface area (Å²) in [7, 11) is 0. The van der Waals surface area contributed by atoms with E-state index < -0.39 is 0 Å². The Hall–Kier alpha value is -0.850. The molecule has 0 saturated heterocycles. The second-order valence-corrected chi connectivity index (χ2v) is 4.14. The lowest BCUT2D eigenvalue weighted by atomic mass is 9.85. The van der Waals surface area contributed by atoms with Crippen LogP contribution in [0.1, 0.15) is 19.4 Å². The molecule has 0 aliphatic rings. The SMILES string of the molecule is CC(C)(CN=C(N)N)c1cccc(F)c1.I. The maximum Gasteiger partial charge on any atom is 0.185 e. The molecule has 5 heteroatoms. The van der Waals surface area contributed by atoms with Gasteiger partial charge in [-0.2, -0.15) is 0 Å². The quantitative estimate of drug-likeness (QED) is 0.503. The normalized spacial score (nSPS) is 10.4. The van der Waals surface area contributed by atoms with Gasteiger partial charge in [0.25, 0.3) is 0 Å². The van der Waals surface area contributed by atoms with E-state index in [1.54, 1.807) is 6.07 Å². The summed E-state index contributed by atoms with van der Waals surface area (Å²) in [6.07, 6.45) is 0. The predicted molar refractivity (Wildman–Crippen MR) is 75.5 cm³/mol. The molecule has 1 aromatic carbocycles. The van der Waals surface area contributed by atoms with Crippen LogP contribution < -0.4 is 11.5 Å². The average Bonchev–Trinajstić information content (AvgIpc) is 2.15. The molecule has 0 fully saturated rings. The number of hydrogen-bond donors (Lipinski definition) is 2. The Morgan fingerprint density at radius 2 is 2.00 bits per heavy atom. The molecule has 0 spiro atoms. The van der Waals surface area contributed by atoms with Gasteiger partial charge in [0.05, 0.1) is 6.54 Å². The van der Waals surface area contributed by atoms with E-state index in [0.29, 0.717) is 6.54 Å². The summed E-state index contributed by atoms with van der Waals surface area (Å²) in [5.41, 5.74) is 11.1. The number of nitrogens with two attached hydrogens (primary N) is 2. The van der Waals surface area contributed by atoms with E-state index in [-0.39, 0.29) is 41.2 Å². The van der Waals surface area contributed by atoms with E-state index in [4.69, 9.17) is 11.5 Å². The van der Waals surface area contributed by atoms with Gasteiger partial charge in [-0.15, -0.1) is 24.0 Å². The molecule has 0 atom stereocenters. The van der Waals surface area contributed by atoms with Gasteiger partial charge in [-0.1, -0.05) is 26.0 Å². The maximum atomic E-state index is 13.0. The van der Waals surface area contributed by atoms with E-state index in [9.17, 15) is 4.39 Å². The molecule has 0 saturated carbocycles. The summed E-state index contributed by atoms with van der Waals surface area (Å²) >= 11 is 0. The Bertz CT molecular complexity index is 373. The minimum atomic E-state index is -0.272. The molecule has 0 heterocycles. The Kier molecular flexibility index (Phi) is 5.71. The zero-order chi connectivity index (χ0) is 11.5. The van der Waals surface area contributed by atoms with Crippen molar-refractivity contribution in [3.63, 3.8) is 0 Å². The van der Waals surface area contributed by atoms with Crippen LogP contribution in [0.4, 0.5) is 4.39 Å². The molecule has 0 aromatic heterocycles. The van der Waals surface area contributed by atoms with Gasteiger partial charge in [-0.05, 0) is 17.7 Å². The van der Waals surface area contributed by atoms with Crippen molar-refractivity contribution >= 4 is 29.9 Å².